The molecule has 66 valence electrons. The fraction of sp³-hybridized carbons (Fsp3) is 0.571. The number of rotatable bonds is 2. The van der Waals surface area contributed by atoms with E-state index in [1.807, 2.05) is 13.8 Å². The van der Waals surface area contributed by atoms with Crippen molar-refractivity contribution in [2.24, 2.45) is 0 Å². The number of nitrogens with zero attached hydrogens (tertiary/aromatic N) is 3. The van der Waals surface area contributed by atoms with Gasteiger partial charge in [-0.15, -0.1) is 5.10 Å². The Balaban J connectivity index is 3.36. The van der Waals surface area contributed by atoms with Crippen LogP contribution in [0.25, 0.3) is 0 Å². The summed E-state index contributed by atoms with van der Waals surface area (Å²) >= 11 is 3.84. The summed E-state index contributed by atoms with van der Waals surface area (Å²) in [6.45, 7) is 3.87. The largest absolute Gasteiger partial charge is 0.283 e. The Hall–Kier alpha value is -0.840. The molecule has 0 saturated carbocycles. The average Bonchev–Trinajstić information content (AvgIpc) is 2.09. The Bertz CT molecular complexity index is 334. The number of aromatic nitrogens is 3. The summed E-state index contributed by atoms with van der Waals surface area (Å²) in [6.07, 6.45) is 1.41. The third-order valence-electron chi connectivity index (χ3n) is 1.73. The van der Waals surface area contributed by atoms with Crippen LogP contribution in [0.4, 0.5) is 0 Å². The molecular weight excluding hydrogens is 174 g/mol. The van der Waals surface area contributed by atoms with Gasteiger partial charge in [-0.1, -0.05) is 19.1 Å². The molecule has 0 aliphatic heterocycles. The average molecular weight is 185 g/mol. The molecule has 0 aromatic carbocycles. The van der Waals surface area contributed by atoms with Gasteiger partial charge in [0, 0.05) is 5.56 Å². The van der Waals surface area contributed by atoms with E-state index in [1.54, 1.807) is 0 Å². The molecule has 5 heteroatoms. The molecule has 0 spiro atoms. The lowest BCUT2D eigenvalue weighted by Gasteiger charge is -2.02. The number of aryl methyl sites for hydroxylation is 1. The smallest absolute Gasteiger partial charge is 0.266 e. The molecule has 1 rings (SSSR count). The van der Waals surface area contributed by atoms with Gasteiger partial charge in [0.25, 0.3) is 5.56 Å². The third-order valence-corrected chi connectivity index (χ3v) is 1.99. The van der Waals surface area contributed by atoms with E-state index < -0.39 is 0 Å². The normalized spacial score (nSPS) is 10.2. The van der Waals surface area contributed by atoms with Gasteiger partial charge < -0.3 is 0 Å². The van der Waals surface area contributed by atoms with Crippen molar-refractivity contribution in [2.75, 3.05) is 0 Å². The van der Waals surface area contributed by atoms with Gasteiger partial charge in [-0.3, -0.25) is 4.79 Å². The Morgan fingerprint density at radius 1 is 1.42 bits per heavy atom. The van der Waals surface area contributed by atoms with Gasteiger partial charge >= 0.3 is 0 Å². The van der Waals surface area contributed by atoms with Crippen LogP contribution in [0.3, 0.4) is 0 Å². The Labute approximate surface area is 76.1 Å². The van der Waals surface area contributed by atoms with Crippen LogP contribution in [0.5, 0.6) is 0 Å². The molecule has 0 fully saturated rings. The lowest BCUT2D eigenvalue weighted by atomic mass is 10.1. The zero-order valence-corrected chi connectivity index (χ0v) is 8.01. The highest BCUT2D eigenvalue weighted by molar-refractivity contribution is 7.78. The first kappa shape index (κ1) is 9.25. The van der Waals surface area contributed by atoms with Gasteiger partial charge in [-0.05, 0) is 25.7 Å². The predicted molar refractivity (Wildman–Crippen MR) is 49.4 cm³/mol. The molecule has 0 N–H and O–H groups in total. The molecule has 0 unspecified atom stereocenters. The second-order valence-corrected chi connectivity index (χ2v) is 2.80. The topological polar surface area (TPSA) is 47.8 Å². The maximum Gasteiger partial charge on any atom is 0.283 e. The molecule has 0 amide bonds. The summed E-state index contributed by atoms with van der Waals surface area (Å²) in [4.78, 5) is 11.4. The lowest BCUT2D eigenvalue weighted by Crippen LogP contribution is -2.23. The van der Waals surface area contributed by atoms with Crippen molar-refractivity contribution in [3.05, 3.63) is 21.6 Å². The maximum atomic E-state index is 11.4. The van der Waals surface area contributed by atoms with Crippen LogP contribution >= 0.6 is 12.8 Å². The van der Waals surface area contributed by atoms with Crippen molar-refractivity contribution in [3.63, 3.8) is 0 Å². The molecule has 0 atom stereocenters. The van der Waals surface area contributed by atoms with E-state index in [-0.39, 0.29) is 5.56 Å². The first-order valence-corrected chi connectivity index (χ1v) is 4.27. The highest BCUT2D eigenvalue weighted by Crippen LogP contribution is 2.00. The van der Waals surface area contributed by atoms with E-state index in [0.717, 1.165) is 16.2 Å². The van der Waals surface area contributed by atoms with Crippen molar-refractivity contribution in [1.82, 2.24) is 14.4 Å². The van der Waals surface area contributed by atoms with Crippen LogP contribution in [-0.2, 0) is 12.8 Å². The Kier molecular flexibility index (Phi) is 2.86. The number of hydrogen-bond donors (Lipinski definition) is 1. The second kappa shape index (κ2) is 3.71. The number of thiol groups is 1. The molecule has 12 heavy (non-hydrogen) atoms. The molecular formula is C7H11N3OS. The zero-order valence-electron chi connectivity index (χ0n) is 7.11. The van der Waals surface area contributed by atoms with Crippen LogP contribution < -0.4 is 5.56 Å². The van der Waals surface area contributed by atoms with Gasteiger partial charge in [-0.25, -0.2) is 0 Å². The minimum atomic E-state index is -0.160. The van der Waals surface area contributed by atoms with Crippen molar-refractivity contribution in [1.29, 1.82) is 0 Å². The minimum Gasteiger partial charge on any atom is -0.266 e. The predicted octanol–water partition coefficient (Wildman–Crippen LogP) is 0.456. The Morgan fingerprint density at radius 2 is 2.08 bits per heavy atom. The first-order valence-electron chi connectivity index (χ1n) is 3.87. The summed E-state index contributed by atoms with van der Waals surface area (Å²) in [5.41, 5.74) is 1.32. The van der Waals surface area contributed by atoms with Crippen LogP contribution in [-0.4, -0.2) is 14.4 Å². The zero-order chi connectivity index (χ0) is 9.14. The quantitative estimate of drug-likeness (QED) is 0.681. The minimum absolute atomic E-state index is 0.160. The van der Waals surface area contributed by atoms with E-state index in [9.17, 15) is 4.79 Å². The molecule has 4 nitrogen and oxygen atoms in total. The van der Waals surface area contributed by atoms with Crippen molar-refractivity contribution in [2.45, 2.75) is 26.7 Å². The van der Waals surface area contributed by atoms with E-state index in [2.05, 4.69) is 23.1 Å². The van der Waals surface area contributed by atoms with Crippen molar-refractivity contribution in [3.8, 4) is 0 Å². The SMILES string of the molecule is CCc1nnn(S)c(=O)c1CC. The van der Waals surface area contributed by atoms with Gasteiger partial charge in [-0.2, -0.15) is 4.09 Å². The molecule has 1 aromatic rings. The van der Waals surface area contributed by atoms with E-state index in [4.69, 9.17) is 0 Å². The molecule has 0 aliphatic carbocycles. The summed E-state index contributed by atoms with van der Waals surface area (Å²) in [5.74, 6) is 0. The lowest BCUT2D eigenvalue weighted by molar-refractivity contribution is 0.734. The summed E-state index contributed by atoms with van der Waals surface area (Å²) in [7, 11) is 0. The third kappa shape index (κ3) is 1.50. The summed E-state index contributed by atoms with van der Waals surface area (Å²) in [6, 6.07) is 0. The molecule has 1 heterocycles. The van der Waals surface area contributed by atoms with Crippen molar-refractivity contribution >= 4 is 12.8 Å². The maximum absolute atomic E-state index is 11.4. The highest BCUT2D eigenvalue weighted by atomic mass is 32.1. The van der Waals surface area contributed by atoms with Crippen LogP contribution in [0.1, 0.15) is 25.1 Å². The monoisotopic (exact) mass is 185 g/mol. The van der Waals surface area contributed by atoms with Crippen LogP contribution in [0.15, 0.2) is 4.79 Å². The fourth-order valence-electron chi connectivity index (χ4n) is 1.08. The molecule has 1 aromatic heterocycles. The molecule has 0 saturated heterocycles. The van der Waals surface area contributed by atoms with E-state index >= 15 is 0 Å². The number of hydrogen-bond acceptors (Lipinski definition) is 4. The standard InChI is InChI=1S/C7H11N3OS/c1-3-5-6(4-2)8-9-10(12)7(5)11/h12H,3-4H2,1-2H3. The van der Waals surface area contributed by atoms with Crippen LogP contribution in [0, 0.1) is 0 Å². The highest BCUT2D eigenvalue weighted by Gasteiger charge is 2.07. The Morgan fingerprint density at radius 3 is 2.58 bits per heavy atom. The van der Waals surface area contributed by atoms with Crippen LogP contribution in [0.2, 0.25) is 0 Å². The summed E-state index contributed by atoms with van der Waals surface area (Å²) in [5, 5.41) is 7.44. The first-order chi connectivity index (χ1) is 5.70. The van der Waals surface area contributed by atoms with Gasteiger partial charge in [0.2, 0.25) is 0 Å². The second-order valence-electron chi connectivity index (χ2n) is 2.42. The van der Waals surface area contributed by atoms with Gasteiger partial charge in [0.1, 0.15) is 0 Å². The molecule has 0 radical (unpaired) electrons. The summed E-state index contributed by atoms with van der Waals surface area (Å²) < 4.78 is 0.970. The van der Waals surface area contributed by atoms with Crippen molar-refractivity contribution < 1.29 is 0 Å². The molecule has 0 bridgehead atoms. The molecule has 0 aliphatic rings. The van der Waals surface area contributed by atoms with Gasteiger partial charge in [0.05, 0.1) is 5.69 Å². The van der Waals surface area contributed by atoms with E-state index in [1.165, 1.54) is 0 Å². The van der Waals surface area contributed by atoms with E-state index in [0.29, 0.717) is 12.0 Å². The fourth-order valence-corrected chi connectivity index (χ4v) is 1.24. The van der Waals surface area contributed by atoms with Gasteiger partial charge in [0.15, 0.2) is 0 Å².